The van der Waals surface area contributed by atoms with Crippen molar-refractivity contribution in [3.8, 4) is 5.75 Å². The highest BCUT2D eigenvalue weighted by Crippen LogP contribution is 2.27. The first-order chi connectivity index (χ1) is 15.1. The number of amides is 1. The molecular weight excluding hydrogens is 506 g/mol. The summed E-state index contributed by atoms with van der Waals surface area (Å²) in [5.41, 5.74) is 4.64. The summed E-state index contributed by atoms with van der Waals surface area (Å²) in [6, 6.07) is 25.2. The van der Waals surface area contributed by atoms with Gasteiger partial charge in [-0.15, -0.1) is 0 Å². The number of nitrogens with zero attached hydrogens (tertiary/aromatic N) is 1. The van der Waals surface area contributed by atoms with Crippen LogP contribution in [0.3, 0.4) is 0 Å². The monoisotopic (exact) mass is 524 g/mol. The first kappa shape index (κ1) is 21.0. The zero-order chi connectivity index (χ0) is 21.6. The summed E-state index contributed by atoms with van der Waals surface area (Å²) < 4.78 is 20.3. The maximum atomic E-state index is 13.1. The molecule has 6 heteroatoms. The summed E-state index contributed by atoms with van der Waals surface area (Å²) in [5.74, 6) is -0.152. The highest BCUT2D eigenvalue weighted by Gasteiger charge is 2.09. The third-order valence-corrected chi connectivity index (χ3v) is 5.42. The van der Waals surface area contributed by atoms with E-state index in [1.807, 2.05) is 60.7 Å². The highest BCUT2D eigenvalue weighted by molar-refractivity contribution is 14.1. The second kappa shape index (κ2) is 9.70. The fourth-order valence-electron chi connectivity index (χ4n) is 3.10. The molecule has 4 rings (SSSR count). The summed E-state index contributed by atoms with van der Waals surface area (Å²) in [5, 5.41) is 6.12. The molecule has 4 aromatic rings. The van der Waals surface area contributed by atoms with Crippen molar-refractivity contribution in [1.82, 2.24) is 5.43 Å². The number of halogens is 2. The van der Waals surface area contributed by atoms with Gasteiger partial charge in [-0.3, -0.25) is 4.79 Å². The largest absolute Gasteiger partial charge is 0.488 e. The fraction of sp³-hybridized carbons (Fsp3) is 0.0400. The Balaban J connectivity index is 1.57. The predicted molar refractivity (Wildman–Crippen MR) is 129 cm³/mol. The number of hydrazone groups is 1. The molecule has 0 radical (unpaired) electrons. The van der Waals surface area contributed by atoms with E-state index in [2.05, 4.69) is 33.1 Å². The Bertz CT molecular complexity index is 1240. The Morgan fingerprint density at radius 2 is 1.71 bits per heavy atom. The lowest BCUT2D eigenvalue weighted by atomic mass is 10.0. The van der Waals surface area contributed by atoms with Gasteiger partial charge in [0.15, 0.2) is 0 Å². The minimum Gasteiger partial charge on any atom is -0.488 e. The van der Waals surface area contributed by atoms with Crippen LogP contribution >= 0.6 is 22.6 Å². The topological polar surface area (TPSA) is 50.7 Å². The lowest BCUT2D eigenvalue weighted by Gasteiger charge is -2.12. The maximum absolute atomic E-state index is 13.1. The smallest absolute Gasteiger partial charge is 0.271 e. The van der Waals surface area contributed by atoms with E-state index in [1.54, 1.807) is 6.21 Å². The molecule has 4 aromatic carbocycles. The quantitative estimate of drug-likeness (QED) is 0.193. The van der Waals surface area contributed by atoms with Crippen molar-refractivity contribution in [1.29, 1.82) is 0 Å². The van der Waals surface area contributed by atoms with Gasteiger partial charge in [-0.1, -0.05) is 42.5 Å². The summed E-state index contributed by atoms with van der Waals surface area (Å²) in [4.78, 5) is 12.3. The molecule has 0 atom stereocenters. The number of carbonyl (C=O) groups excluding carboxylic acids is 1. The van der Waals surface area contributed by atoms with E-state index in [1.165, 1.54) is 24.3 Å². The van der Waals surface area contributed by atoms with Crippen LogP contribution in [0, 0.1) is 9.39 Å². The third-order valence-electron chi connectivity index (χ3n) is 4.70. The molecule has 0 bridgehead atoms. The number of hydrogen-bond acceptors (Lipinski definition) is 3. The van der Waals surface area contributed by atoms with Crippen molar-refractivity contribution in [2.24, 2.45) is 5.10 Å². The molecule has 0 fully saturated rings. The summed E-state index contributed by atoms with van der Waals surface area (Å²) in [7, 11) is 0. The Morgan fingerprint density at radius 3 is 2.48 bits per heavy atom. The average Bonchev–Trinajstić information content (AvgIpc) is 2.79. The summed E-state index contributed by atoms with van der Waals surface area (Å²) in [6.07, 6.45) is 1.58. The van der Waals surface area contributed by atoms with Gasteiger partial charge in [0, 0.05) is 14.7 Å². The molecule has 0 saturated carbocycles. The van der Waals surface area contributed by atoms with Gasteiger partial charge < -0.3 is 4.74 Å². The van der Waals surface area contributed by atoms with E-state index in [0.717, 1.165) is 25.5 Å². The number of benzene rings is 4. The summed E-state index contributed by atoms with van der Waals surface area (Å²) >= 11 is 2.27. The number of carbonyl (C=O) groups is 1. The van der Waals surface area contributed by atoms with Crippen LogP contribution in [-0.4, -0.2) is 12.1 Å². The van der Waals surface area contributed by atoms with Crippen molar-refractivity contribution in [2.75, 3.05) is 0 Å². The number of nitrogens with one attached hydrogen (secondary N) is 1. The van der Waals surface area contributed by atoms with Gasteiger partial charge in [-0.25, -0.2) is 9.82 Å². The van der Waals surface area contributed by atoms with Crippen LogP contribution in [0.25, 0.3) is 10.8 Å². The molecule has 31 heavy (non-hydrogen) atoms. The first-order valence-electron chi connectivity index (χ1n) is 9.58. The van der Waals surface area contributed by atoms with Gasteiger partial charge in [0.2, 0.25) is 0 Å². The number of hydrogen-bond donors (Lipinski definition) is 1. The molecule has 154 valence electrons. The van der Waals surface area contributed by atoms with Crippen molar-refractivity contribution < 1.29 is 13.9 Å². The van der Waals surface area contributed by atoms with Crippen LogP contribution in [0.2, 0.25) is 0 Å². The zero-order valence-corrected chi connectivity index (χ0v) is 18.5. The molecule has 0 saturated heterocycles. The van der Waals surface area contributed by atoms with Crippen molar-refractivity contribution >= 4 is 45.5 Å². The first-order valence-corrected chi connectivity index (χ1v) is 10.7. The minimum atomic E-state index is -0.419. The van der Waals surface area contributed by atoms with Gasteiger partial charge in [-0.2, -0.15) is 5.10 Å². The van der Waals surface area contributed by atoms with E-state index in [-0.39, 0.29) is 0 Å². The lowest BCUT2D eigenvalue weighted by Crippen LogP contribution is -2.17. The molecule has 0 spiro atoms. The Morgan fingerprint density at radius 1 is 0.968 bits per heavy atom. The van der Waals surface area contributed by atoms with Gasteiger partial charge in [-0.05, 0) is 81.4 Å². The van der Waals surface area contributed by atoms with Crippen LogP contribution in [0.5, 0.6) is 5.75 Å². The van der Waals surface area contributed by atoms with E-state index in [9.17, 15) is 9.18 Å². The van der Waals surface area contributed by atoms with Crippen LogP contribution in [0.15, 0.2) is 90.0 Å². The Hall–Kier alpha value is -3.26. The van der Waals surface area contributed by atoms with Crippen molar-refractivity contribution in [2.45, 2.75) is 6.61 Å². The lowest BCUT2D eigenvalue weighted by molar-refractivity contribution is 0.0955. The molecule has 4 nitrogen and oxygen atoms in total. The van der Waals surface area contributed by atoms with E-state index in [0.29, 0.717) is 17.9 Å². The van der Waals surface area contributed by atoms with E-state index in [4.69, 9.17) is 4.74 Å². The standard InChI is InChI=1S/C25H18FIN2O2/c26-20-10-7-19(8-11-20)25(30)29-28-15-23-22-4-2-1-3-18(22)9-14-24(23)31-16-17-5-12-21(27)13-6-17/h1-15H,16H2,(H,29,30)/b28-15-. The van der Waals surface area contributed by atoms with E-state index >= 15 is 0 Å². The molecule has 0 unspecified atom stereocenters. The molecule has 1 amide bonds. The SMILES string of the molecule is O=C(N/N=C\c1c(OCc2ccc(I)cc2)ccc2ccccc12)c1ccc(F)cc1. The van der Waals surface area contributed by atoms with Gasteiger partial charge in [0.1, 0.15) is 18.2 Å². The number of fused-ring (bicyclic) bond motifs is 1. The van der Waals surface area contributed by atoms with Gasteiger partial charge in [0.25, 0.3) is 5.91 Å². The Labute approximate surface area is 192 Å². The second-order valence-corrected chi connectivity index (χ2v) is 8.07. The van der Waals surface area contributed by atoms with Gasteiger partial charge >= 0.3 is 0 Å². The summed E-state index contributed by atoms with van der Waals surface area (Å²) in [6.45, 7) is 0.415. The average molecular weight is 524 g/mol. The molecule has 1 N–H and O–H groups in total. The van der Waals surface area contributed by atoms with Crippen LogP contribution in [0.1, 0.15) is 21.5 Å². The fourth-order valence-corrected chi connectivity index (χ4v) is 3.46. The molecule has 0 heterocycles. The number of rotatable bonds is 6. The third kappa shape index (κ3) is 5.27. The zero-order valence-electron chi connectivity index (χ0n) is 16.4. The molecular formula is C25H18FIN2O2. The predicted octanol–water partition coefficient (Wildman–Crippen LogP) is 5.93. The Kier molecular flexibility index (Phi) is 6.57. The molecule has 0 aliphatic carbocycles. The molecule has 0 aliphatic rings. The van der Waals surface area contributed by atoms with Gasteiger partial charge in [0.05, 0.1) is 6.21 Å². The second-order valence-electron chi connectivity index (χ2n) is 6.82. The minimum absolute atomic E-state index is 0.326. The van der Waals surface area contributed by atoms with E-state index < -0.39 is 11.7 Å². The molecule has 0 aromatic heterocycles. The highest BCUT2D eigenvalue weighted by atomic mass is 127. The maximum Gasteiger partial charge on any atom is 0.271 e. The molecule has 0 aliphatic heterocycles. The normalized spacial score (nSPS) is 11.0. The van der Waals surface area contributed by atoms with Crippen molar-refractivity contribution in [3.63, 3.8) is 0 Å². The number of ether oxygens (including phenoxy) is 1. The van der Waals surface area contributed by atoms with Crippen LogP contribution in [0.4, 0.5) is 4.39 Å². The van der Waals surface area contributed by atoms with Crippen LogP contribution in [-0.2, 0) is 6.61 Å². The van der Waals surface area contributed by atoms with Crippen molar-refractivity contribution in [3.05, 3.63) is 111 Å². The van der Waals surface area contributed by atoms with Crippen LogP contribution < -0.4 is 10.2 Å².